The van der Waals surface area contributed by atoms with Gasteiger partial charge < -0.3 is 15.4 Å². The highest BCUT2D eigenvalue weighted by molar-refractivity contribution is 5.41. The third kappa shape index (κ3) is 4.38. The maximum absolute atomic E-state index is 14.5. The Kier molecular flexibility index (Phi) is 5.17. The van der Waals surface area contributed by atoms with Gasteiger partial charge in [-0.1, -0.05) is 0 Å². The Bertz CT molecular complexity index is 473. The minimum Gasteiger partial charge on any atom is -0.379 e. The van der Waals surface area contributed by atoms with Gasteiger partial charge >= 0.3 is 0 Å². The van der Waals surface area contributed by atoms with E-state index in [1.807, 2.05) is 0 Å². The van der Waals surface area contributed by atoms with E-state index in [-0.39, 0.29) is 23.5 Å². The van der Waals surface area contributed by atoms with Gasteiger partial charge in [0, 0.05) is 31.0 Å². The first-order chi connectivity index (χ1) is 9.90. The Morgan fingerprint density at radius 3 is 2.81 bits per heavy atom. The molecule has 1 aromatic rings. The van der Waals surface area contributed by atoms with Crippen LogP contribution < -0.4 is 10.6 Å². The van der Waals surface area contributed by atoms with Gasteiger partial charge in [-0.15, -0.1) is 0 Å². The molecular formula is C16H26FN3O. The van der Waals surface area contributed by atoms with Crippen molar-refractivity contribution in [1.82, 2.24) is 10.3 Å². The van der Waals surface area contributed by atoms with Gasteiger partial charge in [0.1, 0.15) is 0 Å². The normalized spacial score (nSPS) is 22.5. The average molecular weight is 295 g/mol. The van der Waals surface area contributed by atoms with Crippen molar-refractivity contribution in [1.29, 1.82) is 0 Å². The molecule has 0 aromatic carbocycles. The highest BCUT2D eigenvalue weighted by Crippen LogP contribution is 2.26. The van der Waals surface area contributed by atoms with E-state index in [2.05, 4.69) is 36.4 Å². The molecule has 1 aromatic heterocycles. The van der Waals surface area contributed by atoms with Crippen LogP contribution in [0.5, 0.6) is 0 Å². The van der Waals surface area contributed by atoms with Crippen LogP contribution in [0.3, 0.4) is 0 Å². The van der Waals surface area contributed by atoms with Crippen LogP contribution in [0.15, 0.2) is 12.3 Å². The predicted molar refractivity (Wildman–Crippen MR) is 82.8 cm³/mol. The molecule has 1 heterocycles. The molecule has 1 aliphatic carbocycles. The van der Waals surface area contributed by atoms with Gasteiger partial charge in [-0.3, -0.25) is 0 Å². The van der Waals surface area contributed by atoms with Crippen LogP contribution in [0, 0.1) is 5.82 Å². The average Bonchev–Trinajstić information content (AvgIpc) is 2.86. The van der Waals surface area contributed by atoms with Gasteiger partial charge in [0.2, 0.25) is 0 Å². The molecule has 118 valence electrons. The lowest BCUT2D eigenvalue weighted by Crippen LogP contribution is -2.35. The van der Waals surface area contributed by atoms with E-state index in [1.165, 1.54) is 0 Å². The third-order valence-corrected chi connectivity index (χ3v) is 3.86. The Balaban J connectivity index is 2.07. The maximum Gasteiger partial charge on any atom is 0.169 e. The SMILES string of the molecule is COC1CCCC1Nc1nccc(CNC(C)(C)C)c1F. The Labute approximate surface area is 126 Å². The number of hydrogen-bond acceptors (Lipinski definition) is 4. The van der Waals surface area contributed by atoms with Gasteiger partial charge in [0.25, 0.3) is 0 Å². The Hall–Kier alpha value is -1.20. The van der Waals surface area contributed by atoms with E-state index in [0.717, 1.165) is 19.3 Å². The summed E-state index contributed by atoms with van der Waals surface area (Å²) in [4.78, 5) is 4.15. The fourth-order valence-corrected chi connectivity index (χ4v) is 2.63. The van der Waals surface area contributed by atoms with Crippen LogP contribution in [-0.4, -0.2) is 29.8 Å². The molecule has 2 atom stereocenters. The van der Waals surface area contributed by atoms with Gasteiger partial charge in [-0.25, -0.2) is 9.37 Å². The summed E-state index contributed by atoms with van der Waals surface area (Å²) in [5.41, 5.74) is 0.588. The minimum absolute atomic E-state index is 0.0457. The van der Waals surface area contributed by atoms with E-state index >= 15 is 0 Å². The summed E-state index contributed by atoms with van der Waals surface area (Å²) >= 11 is 0. The number of pyridine rings is 1. The number of rotatable bonds is 5. The molecule has 0 radical (unpaired) electrons. The number of aromatic nitrogens is 1. The van der Waals surface area contributed by atoms with Crippen molar-refractivity contribution in [2.45, 2.75) is 64.3 Å². The molecule has 1 fully saturated rings. The van der Waals surface area contributed by atoms with E-state index in [0.29, 0.717) is 17.9 Å². The standard InChI is InChI=1S/C16H26FN3O/c1-16(2,3)19-10-11-8-9-18-15(14(11)17)20-12-6-5-7-13(12)21-4/h8-9,12-13,19H,5-7,10H2,1-4H3,(H,18,20). The fourth-order valence-electron chi connectivity index (χ4n) is 2.63. The van der Waals surface area contributed by atoms with Crippen molar-refractivity contribution in [2.75, 3.05) is 12.4 Å². The van der Waals surface area contributed by atoms with E-state index < -0.39 is 0 Å². The number of nitrogens with zero attached hydrogens (tertiary/aromatic N) is 1. The number of anilines is 1. The molecular weight excluding hydrogens is 269 g/mol. The van der Waals surface area contributed by atoms with E-state index in [9.17, 15) is 4.39 Å². The lowest BCUT2D eigenvalue weighted by atomic mass is 10.1. The molecule has 21 heavy (non-hydrogen) atoms. The summed E-state index contributed by atoms with van der Waals surface area (Å²) in [6.07, 6.45) is 4.90. The third-order valence-electron chi connectivity index (χ3n) is 3.86. The molecule has 2 N–H and O–H groups in total. The van der Waals surface area contributed by atoms with Crippen molar-refractivity contribution >= 4 is 5.82 Å². The van der Waals surface area contributed by atoms with Crippen molar-refractivity contribution < 1.29 is 9.13 Å². The molecule has 5 heteroatoms. The zero-order valence-electron chi connectivity index (χ0n) is 13.4. The quantitative estimate of drug-likeness (QED) is 0.876. The zero-order valence-corrected chi connectivity index (χ0v) is 13.4. The minimum atomic E-state index is -0.268. The zero-order chi connectivity index (χ0) is 15.5. The summed E-state index contributed by atoms with van der Waals surface area (Å²) in [6, 6.07) is 1.87. The van der Waals surface area contributed by atoms with Crippen molar-refractivity contribution in [3.8, 4) is 0 Å². The lowest BCUT2D eigenvalue weighted by molar-refractivity contribution is 0.101. The monoisotopic (exact) mass is 295 g/mol. The van der Waals surface area contributed by atoms with Gasteiger partial charge in [-0.05, 0) is 46.1 Å². The fraction of sp³-hybridized carbons (Fsp3) is 0.688. The van der Waals surface area contributed by atoms with Crippen molar-refractivity contribution in [2.24, 2.45) is 0 Å². The maximum atomic E-state index is 14.5. The van der Waals surface area contributed by atoms with Crippen LogP contribution in [0.1, 0.15) is 45.6 Å². The Morgan fingerprint density at radius 2 is 2.14 bits per heavy atom. The summed E-state index contributed by atoms with van der Waals surface area (Å²) in [7, 11) is 1.71. The first kappa shape index (κ1) is 16.2. The summed E-state index contributed by atoms with van der Waals surface area (Å²) in [5, 5.41) is 6.51. The van der Waals surface area contributed by atoms with Crippen LogP contribution in [0.2, 0.25) is 0 Å². The second-order valence-corrected chi connectivity index (χ2v) is 6.69. The van der Waals surface area contributed by atoms with Crippen LogP contribution in [0.25, 0.3) is 0 Å². The molecule has 2 rings (SSSR count). The van der Waals surface area contributed by atoms with Crippen molar-refractivity contribution in [3.63, 3.8) is 0 Å². The molecule has 0 saturated heterocycles. The van der Waals surface area contributed by atoms with Crippen molar-refractivity contribution in [3.05, 3.63) is 23.6 Å². The van der Waals surface area contributed by atoms with Gasteiger partial charge in [-0.2, -0.15) is 0 Å². The first-order valence-corrected chi connectivity index (χ1v) is 7.58. The molecule has 0 amide bonds. The molecule has 1 saturated carbocycles. The number of halogens is 1. The number of methoxy groups -OCH3 is 1. The smallest absolute Gasteiger partial charge is 0.169 e. The molecule has 0 aliphatic heterocycles. The summed E-state index contributed by atoms with van der Waals surface area (Å²) in [6.45, 7) is 6.68. The second kappa shape index (κ2) is 6.71. The molecule has 0 bridgehead atoms. The molecule has 1 aliphatic rings. The number of ether oxygens (including phenoxy) is 1. The molecule has 0 spiro atoms. The second-order valence-electron chi connectivity index (χ2n) is 6.69. The van der Waals surface area contributed by atoms with Crippen LogP contribution in [0.4, 0.5) is 10.2 Å². The highest BCUT2D eigenvalue weighted by atomic mass is 19.1. The van der Waals surface area contributed by atoms with E-state index in [1.54, 1.807) is 19.4 Å². The van der Waals surface area contributed by atoms with Crippen LogP contribution >= 0.6 is 0 Å². The largest absolute Gasteiger partial charge is 0.379 e. The lowest BCUT2D eigenvalue weighted by Gasteiger charge is -2.22. The molecule has 2 unspecified atom stereocenters. The topological polar surface area (TPSA) is 46.2 Å². The van der Waals surface area contributed by atoms with Crippen LogP contribution in [-0.2, 0) is 11.3 Å². The number of hydrogen-bond donors (Lipinski definition) is 2. The summed E-state index contributed by atoms with van der Waals surface area (Å²) in [5.74, 6) is 0.0631. The van der Waals surface area contributed by atoms with Gasteiger partial charge in [0.15, 0.2) is 11.6 Å². The first-order valence-electron chi connectivity index (χ1n) is 7.58. The highest BCUT2D eigenvalue weighted by Gasteiger charge is 2.28. The Morgan fingerprint density at radius 1 is 1.38 bits per heavy atom. The van der Waals surface area contributed by atoms with E-state index in [4.69, 9.17) is 4.74 Å². The molecule has 4 nitrogen and oxygen atoms in total. The predicted octanol–water partition coefficient (Wildman–Crippen LogP) is 3.09. The number of nitrogens with one attached hydrogen (secondary N) is 2. The summed E-state index contributed by atoms with van der Waals surface area (Å²) < 4.78 is 20.0. The van der Waals surface area contributed by atoms with Gasteiger partial charge in [0.05, 0.1) is 12.1 Å².